The fourth-order valence-electron chi connectivity index (χ4n) is 5.01. The molecule has 0 radical (unpaired) electrons. The second-order valence-electron chi connectivity index (χ2n) is 10.7. The summed E-state index contributed by atoms with van der Waals surface area (Å²) >= 11 is 0. The van der Waals surface area contributed by atoms with Crippen LogP contribution in [0.25, 0.3) is 22.3 Å². The minimum Gasteiger partial charge on any atom is -0.339 e. The highest BCUT2D eigenvalue weighted by Gasteiger charge is 2.17. The number of aryl methyl sites for hydroxylation is 1. The molecule has 1 amide bonds. The fraction of sp³-hybridized carbons (Fsp3) is 0.438. The number of aromatic amines is 1. The maximum Gasteiger partial charge on any atom is 0.274 e. The summed E-state index contributed by atoms with van der Waals surface area (Å²) in [6.45, 7) is 9.15. The third-order valence-corrected chi connectivity index (χ3v) is 7.29. The average Bonchev–Trinajstić information content (AvgIpc) is 3.40. The monoisotopic (exact) mass is 541 g/mol. The number of hydrogen-bond acceptors (Lipinski definition) is 6. The number of nitrogens with one attached hydrogen (secondary N) is 2. The first-order valence-electron chi connectivity index (χ1n) is 14.6. The van der Waals surface area contributed by atoms with E-state index in [2.05, 4.69) is 44.0 Å². The van der Waals surface area contributed by atoms with Gasteiger partial charge in [0.15, 0.2) is 0 Å². The topological polar surface area (TPSA) is 113 Å². The highest BCUT2D eigenvalue weighted by molar-refractivity contribution is 6.03. The van der Waals surface area contributed by atoms with Crippen LogP contribution in [0.4, 0.5) is 5.69 Å². The SMILES string of the molecule is CCCCCCC.Cc1ncnc2[nH]c(-c3ccc(NC(=O)c4cc(CN5CCCC(N)C5)ccn4)cc3)cc12. The van der Waals surface area contributed by atoms with Crippen LogP contribution < -0.4 is 11.1 Å². The Morgan fingerprint density at radius 2 is 1.82 bits per heavy atom. The van der Waals surface area contributed by atoms with Crippen LogP contribution in [0.2, 0.25) is 0 Å². The third kappa shape index (κ3) is 8.19. The van der Waals surface area contributed by atoms with Crippen molar-refractivity contribution >= 4 is 22.6 Å². The number of unbranched alkanes of at least 4 members (excludes halogenated alkanes) is 4. The van der Waals surface area contributed by atoms with Crippen molar-refractivity contribution in [3.8, 4) is 11.3 Å². The van der Waals surface area contributed by atoms with Gasteiger partial charge >= 0.3 is 0 Å². The van der Waals surface area contributed by atoms with E-state index >= 15 is 0 Å². The minimum atomic E-state index is -0.226. The number of nitrogens with two attached hydrogens (primary N) is 1. The summed E-state index contributed by atoms with van der Waals surface area (Å²) < 4.78 is 0. The molecule has 0 spiro atoms. The number of carbonyl (C=O) groups is 1. The summed E-state index contributed by atoms with van der Waals surface area (Å²) in [5, 5.41) is 3.95. The molecular formula is C32H43N7O. The van der Waals surface area contributed by atoms with Gasteiger partial charge in [0.05, 0.1) is 5.69 Å². The zero-order valence-corrected chi connectivity index (χ0v) is 24.1. The van der Waals surface area contributed by atoms with Gasteiger partial charge in [0.25, 0.3) is 5.91 Å². The standard InChI is InChI=1S/C25H27N7O.C7H16/c1-16-21-12-22(31-24(21)29-15-28-16)18-4-6-20(7-5-18)30-25(33)23-11-17(8-9-27-23)13-32-10-2-3-19(26)14-32;1-3-5-7-6-4-2/h4-9,11-12,15,19H,2-3,10,13-14,26H2,1H3,(H,30,33)(H,28,29,31);3-7H2,1-2H3. The summed E-state index contributed by atoms with van der Waals surface area (Å²) in [6.07, 6.45) is 12.4. The zero-order valence-electron chi connectivity index (χ0n) is 24.1. The Labute approximate surface area is 237 Å². The van der Waals surface area contributed by atoms with Gasteiger partial charge in [-0.15, -0.1) is 0 Å². The number of pyridine rings is 1. The third-order valence-electron chi connectivity index (χ3n) is 7.29. The lowest BCUT2D eigenvalue weighted by Crippen LogP contribution is -2.42. The van der Waals surface area contributed by atoms with Gasteiger partial charge in [-0.1, -0.05) is 58.1 Å². The molecular weight excluding hydrogens is 498 g/mol. The second kappa shape index (κ2) is 14.7. The number of nitrogens with zero attached hydrogens (tertiary/aromatic N) is 4. The number of rotatable bonds is 9. The lowest BCUT2D eigenvalue weighted by Gasteiger charge is -2.30. The lowest BCUT2D eigenvalue weighted by atomic mass is 10.1. The first kappa shape index (κ1) is 29.4. The smallest absolute Gasteiger partial charge is 0.274 e. The predicted molar refractivity (Wildman–Crippen MR) is 163 cm³/mol. The minimum absolute atomic E-state index is 0.226. The maximum atomic E-state index is 12.8. The molecule has 8 nitrogen and oxygen atoms in total. The summed E-state index contributed by atoms with van der Waals surface area (Å²) in [6, 6.07) is 13.8. The number of benzene rings is 1. The lowest BCUT2D eigenvalue weighted by molar-refractivity contribution is 0.102. The molecule has 40 heavy (non-hydrogen) atoms. The molecule has 4 heterocycles. The van der Waals surface area contributed by atoms with E-state index in [0.29, 0.717) is 11.4 Å². The molecule has 1 saturated heterocycles. The Kier molecular flexibility index (Phi) is 10.8. The maximum absolute atomic E-state index is 12.8. The molecule has 8 heteroatoms. The largest absolute Gasteiger partial charge is 0.339 e. The van der Waals surface area contributed by atoms with E-state index in [1.807, 2.05) is 49.4 Å². The number of piperidine rings is 1. The van der Waals surface area contributed by atoms with Crippen LogP contribution in [-0.2, 0) is 6.54 Å². The van der Waals surface area contributed by atoms with E-state index in [1.54, 1.807) is 12.5 Å². The van der Waals surface area contributed by atoms with Crippen molar-refractivity contribution in [1.82, 2.24) is 24.8 Å². The van der Waals surface area contributed by atoms with Gasteiger partial charge in [-0.25, -0.2) is 9.97 Å². The van der Waals surface area contributed by atoms with Gasteiger partial charge in [0.1, 0.15) is 17.7 Å². The van der Waals surface area contributed by atoms with Gasteiger partial charge in [-0.3, -0.25) is 14.7 Å². The van der Waals surface area contributed by atoms with E-state index in [9.17, 15) is 4.79 Å². The number of aromatic nitrogens is 4. The van der Waals surface area contributed by atoms with Crippen LogP contribution in [0.5, 0.6) is 0 Å². The fourth-order valence-corrected chi connectivity index (χ4v) is 5.01. The molecule has 0 aliphatic carbocycles. The summed E-state index contributed by atoms with van der Waals surface area (Å²) in [7, 11) is 0. The van der Waals surface area contributed by atoms with Crippen molar-refractivity contribution < 1.29 is 4.79 Å². The first-order valence-corrected chi connectivity index (χ1v) is 14.6. The molecule has 4 N–H and O–H groups in total. The van der Waals surface area contributed by atoms with Crippen LogP contribution in [0.15, 0.2) is 55.0 Å². The Morgan fingerprint density at radius 3 is 2.52 bits per heavy atom. The molecule has 5 rings (SSSR count). The molecule has 212 valence electrons. The summed E-state index contributed by atoms with van der Waals surface area (Å²) in [5.74, 6) is -0.226. The Balaban J connectivity index is 0.000000470. The van der Waals surface area contributed by atoms with Gasteiger partial charge in [-0.2, -0.15) is 0 Å². The van der Waals surface area contributed by atoms with Crippen molar-refractivity contribution in [1.29, 1.82) is 0 Å². The van der Waals surface area contributed by atoms with E-state index in [1.165, 1.54) is 32.1 Å². The van der Waals surface area contributed by atoms with Crippen molar-refractivity contribution in [2.45, 2.75) is 78.3 Å². The summed E-state index contributed by atoms with van der Waals surface area (Å²) in [5.41, 5.74) is 12.0. The second-order valence-corrected chi connectivity index (χ2v) is 10.7. The van der Waals surface area contributed by atoms with E-state index in [-0.39, 0.29) is 11.9 Å². The summed E-state index contributed by atoms with van der Waals surface area (Å²) in [4.78, 5) is 31.2. The zero-order chi connectivity index (χ0) is 28.3. The number of fused-ring (bicyclic) bond motifs is 1. The number of H-pyrrole nitrogens is 1. The molecule has 1 aliphatic rings. The molecule has 0 bridgehead atoms. The average molecular weight is 542 g/mol. The normalized spacial score (nSPS) is 15.4. The van der Waals surface area contributed by atoms with Crippen molar-refractivity contribution in [3.05, 3.63) is 71.9 Å². The Hall–Kier alpha value is -3.62. The van der Waals surface area contributed by atoms with Crippen LogP contribution in [-0.4, -0.2) is 49.9 Å². The molecule has 1 aliphatic heterocycles. The van der Waals surface area contributed by atoms with Crippen LogP contribution in [0.1, 0.15) is 80.5 Å². The number of anilines is 1. The van der Waals surface area contributed by atoms with Crippen LogP contribution in [0.3, 0.4) is 0 Å². The highest BCUT2D eigenvalue weighted by Crippen LogP contribution is 2.25. The molecule has 1 fully saturated rings. The molecule has 1 unspecified atom stereocenters. The highest BCUT2D eigenvalue weighted by atomic mass is 16.1. The number of carbonyl (C=O) groups excluding carboxylic acids is 1. The van der Waals surface area contributed by atoms with Crippen molar-refractivity contribution in [2.24, 2.45) is 5.73 Å². The molecule has 1 aromatic carbocycles. The van der Waals surface area contributed by atoms with Gasteiger partial charge in [0, 0.05) is 42.1 Å². The number of hydrogen-bond donors (Lipinski definition) is 3. The van der Waals surface area contributed by atoms with Gasteiger partial charge < -0.3 is 16.0 Å². The Morgan fingerprint density at radius 1 is 1.05 bits per heavy atom. The Bertz CT molecular complexity index is 1360. The van der Waals surface area contributed by atoms with Gasteiger partial charge in [-0.05, 0) is 67.8 Å². The number of amides is 1. The van der Waals surface area contributed by atoms with Crippen LogP contribution in [0, 0.1) is 6.92 Å². The molecule has 3 aromatic heterocycles. The molecule has 4 aromatic rings. The predicted octanol–water partition coefficient (Wildman–Crippen LogP) is 6.48. The van der Waals surface area contributed by atoms with Crippen molar-refractivity contribution in [2.75, 3.05) is 18.4 Å². The van der Waals surface area contributed by atoms with Gasteiger partial charge in [0.2, 0.25) is 0 Å². The van der Waals surface area contributed by atoms with Crippen LogP contribution >= 0.6 is 0 Å². The number of likely N-dealkylation sites (tertiary alicyclic amines) is 1. The first-order chi connectivity index (χ1) is 19.5. The van der Waals surface area contributed by atoms with E-state index < -0.39 is 0 Å². The van der Waals surface area contributed by atoms with Crippen molar-refractivity contribution in [3.63, 3.8) is 0 Å². The quantitative estimate of drug-likeness (QED) is 0.209. The van der Waals surface area contributed by atoms with E-state index in [0.717, 1.165) is 66.0 Å². The molecule has 1 atom stereocenters. The molecule has 0 saturated carbocycles. The van der Waals surface area contributed by atoms with E-state index in [4.69, 9.17) is 5.73 Å².